The van der Waals surface area contributed by atoms with Crippen LogP contribution in [0.1, 0.15) is 16.7 Å². The van der Waals surface area contributed by atoms with Crippen molar-refractivity contribution < 1.29 is 27.3 Å². The van der Waals surface area contributed by atoms with Crippen molar-refractivity contribution >= 4 is 34.3 Å². The first-order valence-electron chi connectivity index (χ1n) is 7.41. The SMILES string of the molecule is O=S(C=CCc1ccccc1)Cc1ccc(C(F)(F)P(=O)(O)O)c(Br)c1. The summed E-state index contributed by atoms with van der Waals surface area (Å²) < 4.78 is 50.5. The lowest BCUT2D eigenvalue weighted by atomic mass is 10.1. The van der Waals surface area contributed by atoms with Gasteiger partial charge in [0.05, 0.1) is 5.75 Å². The third kappa shape index (κ3) is 5.41. The molecule has 2 aromatic carbocycles. The minimum absolute atomic E-state index is 0.103. The minimum Gasteiger partial charge on any atom is -0.320 e. The molecule has 0 amide bonds. The third-order valence-corrected chi connectivity index (χ3v) is 6.22. The van der Waals surface area contributed by atoms with Crippen molar-refractivity contribution in [3.8, 4) is 0 Å². The highest BCUT2D eigenvalue weighted by molar-refractivity contribution is 9.10. The average Bonchev–Trinajstić information content (AvgIpc) is 2.54. The molecule has 2 rings (SSSR count). The standard InChI is InChI=1S/C17H16BrF2O4PS/c18-16-11-14(8-9-15(16)17(19,20)25(21,22)23)12-26(24)10-4-7-13-5-2-1-3-6-13/h1-6,8-11H,7,12H2,(H2,21,22,23). The molecule has 26 heavy (non-hydrogen) atoms. The van der Waals surface area contributed by atoms with Gasteiger partial charge in [-0.15, -0.1) is 0 Å². The third-order valence-electron chi connectivity index (χ3n) is 3.48. The van der Waals surface area contributed by atoms with Gasteiger partial charge in [-0.3, -0.25) is 8.77 Å². The highest BCUT2D eigenvalue weighted by atomic mass is 79.9. The van der Waals surface area contributed by atoms with Crippen LogP contribution < -0.4 is 0 Å². The topological polar surface area (TPSA) is 74.6 Å². The second-order valence-corrected chi connectivity index (χ2v) is 9.31. The summed E-state index contributed by atoms with van der Waals surface area (Å²) >= 11 is 2.91. The molecule has 0 saturated carbocycles. The molecule has 0 aromatic heterocycles. The summed E-state index contributed by atoms with van der Waals surface area (Å²) in [5, 5.41) is 1.54. The van der Waals surface area contributed by atoms with Gasteiger partial charge < -0.3 is 9.79 Å². The molecular formula is C17H16BrF2O4PS. The monoisotopic (exact) mass is 464 g/mol. The van der Waals surface area contributed by atoms with Crippen LogP contribution in [0.3, 0.4) is 0 Å². The summed E-state index contributed by atoms with van der Waals surface area (Å²) in [5.74, 6) is 0.103. The first kappa shape index (κ1) is 21.1. The summed E-state index contributed by atoms with van der Waals surface area (Å²) in [4.78, 5) is 17.6. The zero-order valence-electron chi connectivity index (χ0n) is 13.4. The van der Waals surface area contributed by atoms with Crippen LogP contribution in [0, 0.1) is 0 Å². The van der Waals surface area contributed by atoms with E-state index < -0.39 is 29.6 Å². The van der Waals surface area contributed by atoms with Gasteiger partial charge in [-0.25, -0.2) is 0 Å². The van der Waals surface area contributed by atoms with Crippen molar-refractivity contribution in [1.29, 1.82) is 0 Å². The van der Waals surface area contributed by atoms with Gasteiger partial charge in [-0.1, -0.05) is 64.5 Å². The fraction of sp³-hybridized carbons (Fsp3) is 0.176. The molecule has 0 bridgehead atoms. The second-order valence-electron chi connectivity index (χ2n) is 5.49. The molecule has 0 heterocycles. The van der Waals surface area contributed by atoms with Gasteiger partial charge in [0.1, 0.15) is 0 Å². The van der Waals surface area contributed by atoms with E-state index in [9.17, 15) is 17.6 Å². The Bertz CT molecular complexity index is 868. The van der Waals surface area contributed by atoms with Gasteiger partial charge in [0.15, 0.2) is 0 Å². The number of alkyl halides is 2. The molecule has 2 aromatic rings. The lowest BCUT2D eigenvalue weighted by molar-refractivity contribution is 0.0557. The first-order chi connectivity index (χ1) is 12.1. The highest BCUT2D eigenvalue weighted by Crippen LogP contribution is 2.60. The predicted molar refractivity (Wildman–Crippen MR) is 101 cm³/mol. The van der Waals surface area contributed by atoms with Crippen molar-refractivity contribution in [3.63, 3.8) is 0 Å². The Hall–Kier alpha value is -1.18. The van der Waals surface area contributed by atoms with Crippen molar-refractivity contribution in [2.45, 2.75) is 17.8 Å². The molecule has 0 aliphatic carbocycles. The maximum atomic E-state index is 13.8. The number of hydrogen-bond acceptors (Lipinski definition) is 2. The first-order valence-corrected chi connectivity index (χ1v) is 11.2. The Morgan fingerprint density at radius 1 is 1.12 bits per heavy atom. The average molecular weight is 465 g/mol. The van der Waals surface area contributed by atoms with Gasteiger partial charge in [0.2, 0.25) is 0 Å². The second kappa shape index (κ2) is 8.67. The number of allylic oxidation sites excluding steroid dienone is 1. The van der Waals surface area contributed by atoms with Crippen LogP contribution in [-0.4, -0.2) is 14.0 Å². The minimum atomic E-state index is -5.64. The Balaban J connectivity index is 2.05. The molecule has 9 heteroatoms. The summed E-state index contributed by atoms with van der Waals surface area (Å²) in [5.41, 5.74) is -3.52. The van der Waals surface area contributed by atoms with E-state index in [-0.39, 0.29) is 10.2 Å². The molecule has 0 radical (unpaired) electrons. The maximum Gasteiger partial charge on any atom is 0.399 e. The Morgan fingerprint density at radius 3 is 2.35 bits per heavy atom. The molecule has 4 nitrogen and oxygen atoms in total. The zero-order chi connectivity index (χ0) is 19.4. The van der Waals surface area contributed by atoms with E-state index >= 15 is 0 Å². The molecule has 1 atom stereocenters. The molecule has 0 saturated heterocycles. The van der Waals surface area contributed by atoms with Gasteiger partial charge in [0, 0.05) is 20.8 Å². The van der Waals surface area contributed by atoms with Crippen LogP contribution in [0.4, 0.5) is 8.78 Å². The maximum absolute atomic E-state index is 13.8. The van der Waals surface area contributed by atoms with Crippen LogP contribution in [0.5, 0.6) is 0 Å². The van der Waals surface area contributed by atoms with Crippen LogP contribution in [0.2, 0.25) is 0 Å². The zero-order valence-corrected chi connectivity index (χ0v) is 16.7. The molecule has 2 N–H and O–H groups in total. The van der Waals surface area contributed by atoms with E-state index in [4.69, 9.17) is 9.79 Å². The van der Waals surface area contributed by atoms with E-state index in [0.717, 1.165) is 11.6 Å². The van der Waals surface area contributed by atoms with E-state index in [1.54, 1.807) is 11.5 Å². The molecule has 1 unspecified atom stereocenters. The normalized spacial score (nSPS) is 13.9. The fourth-order valence-electron chi connectivity index (χ4n) is 2.17. The van der Waals surface area contributed by atoms with Gasteiger partial charge in [0.25, 0.3) is 0 Å². The highest BCUT2D eigenvalue weighted by Gasteiger charge is 2.51. The summed E-state index contributed by atoms with van der Waals surface area (Å²) in [6.07, 6.45) is 2.40. The molecule has 0 aliphatic rings. The van der Waals surface area contributed by atoms with Crippen LogP contribution in [0.15, 0.2) is 64.5 Å². The summed E-state index contributed by atoms with van der Waals surface area (Å²) in [7, 11) is -6.98. The Morgan fingerprint density at radius 2 is 1.77 bits per heavy atom. The van der Waals surface area contributed by atoms with Crippen molar-refractivity contribution in [2.75, 3.05) is 0 Å². The predicted octanol–water partition coefficient (Wildman–Crippen LogP) is 4.68. The summed E-state index contributed by atoms with van der Waals surface area (Å²) in [6.45, 7) is 0. The smallest absolute Gasteiger partial charge is 0.320 e. The summed E-state index contributed by atoms with van der Waals surface area (Å²) in [6, 6.07) is 13.1. The molecule has 0 fully saturated rings. The molecule has 0 spiro atoms. The van der Waals surface area contributed by atoms with E-state index in [2.05, 4.69) is 15.9 Å². The lowest BCUT2D eigenvalue weighted by Gasteiger charge is -2.19. The molecule has 140 valence electrons. The Labute approximate surface area is 160 Å². The molecule has 0 aliphatic heterocycles. The Kier molecular flexibility index (Phi) is 7.05. The van der Waals surface area contributed by atoms with Gasteiger partial charge >= 0.3 is 13.3 Å². The van der Waals surface area contributed by atoms with E-state index in [1.165, 1.54) is 12.1 Å². The van der Waals surface area contributed by atoms with Crippen LogP contribution >= 0.6 is 23.5 Å². The van der Waals surface area contributed by atoms with E-state index in [1.807, 2.05) is 30.3 Å². The van der Waals surface area contributed by atoms with E-state index in [0.29, 0.717) is 12.0 Å². The largest absolute Gasteiger partial charge is 0.399 e. The van der Waals surface area contributed by atoms with Gasteiger partial charge in [-0.05, 0) is 29.0 Å². The number of benzene rings is 2. The molecular weight excluding hydrogens is 449 g/mol. The van der Waals surface area contributed by atoms with Crippen molar-refractivity contribution in [1.82, 2.24) is 0 Å². The van der Waals surface area contributed by atoms with Crippen LogP contribution in [-0.2, 0) is 33.2 Å². The fourth-order valence-corrected chi connectivity index (χ4v) is 4.42. The lowest BCUT2D eigenvalue weighted by Crippen LogP contribution is -2.14. The van der Waals surface area contributed by atoms with Crippen LogP contribution in [0.25, 0.3) is 0 Å². The quantitative estimate of drug-likeness (QED) is 0.583. The number of halogens is 3. The number of hydrogen-bond donors (Lipinski definition) is 2. The van der Waals surface area contributed by atoms with Crippen molar-refractivity contribution in [3.05, 3.63) is 81.2 Å². The van der Waals surface area contributed by atoms with Gasteiger partial charge in [-0.2, -0.15) is 8.78 Å². The van der Waals surface area contributed by atoms with Crippen molar-refractivity contribution in [2.24, 2.45) is 0 Å². The number of rotatable bonds is 7.